The predicted molar refractivity (Wildman–Crippen MR) is 77.5 cm³/mol. The molecule has 0 aliphatic carbocycles. The maximum Gasteiger partial charge on any atom is 0.270 e. The van der Waals surface area contributed by atoms with Crippen LogP contribution >= 0.6 is 0 Å². The monoisotopic (exact) mass is 311 g/mol. The predicted octanol–water partition coefficient (Wildman–Crippen LogP) is 0.499. The highest BCUT2D eigenvalue weighted by Crippen LogP contribution is 2.23. The van der Waals surface area contributed by atoms with Crippen molar-refractivity contribution in [3.05, 3.63) is 34.6 Å². The molecule has 10 heteroatoms. The van der Waals surface area contributed by atoms with Crippen molar-refractivity contribution in [2.75, 3.05) is 24.7 Å². The lowest BCUT2D eigenvalue weighted by atomic mass is 10.2. The van der Waals surface area contributed by atoms with E-state index in [2.05, 4.69) is 20.0 Å². The van der Waals surface area contributed by atoms with Crippen molar-refractivity contribution in [3.63, 3.8) is 0 Å². The molecule has 2 rings (SSSR count). The summed E-state index contributed by atoms with van der Waals surface area (Å²) in [5.74, 6) is 0.221. The molecule has 0 saturated carbocycles. The zero-order valence-corrected chi connectivity index (χ0v) is 11.9. The van der Waals surface area contributed by atoms with Gasteiger partial charge in [-0.15, -0.1) is 0 Å². The van der Waals surface area contributed by atoms with Crippen molar-refractivity contribution >= 4 is 32.4 Å². The smallest absolute Gasteiger partial charge is 0.270 e. The van der Waals surface area contributed by atoms with Crippen LogP contribution in [0.25, 0.3) is 10.9 Å². The lowest BCUT2D eigenvalue weighted by Gasteiger charge is -2.08. The highest BCUT2D eigenvalue weighted by Gasteiger charge is 2.11. The summed E-state index contributed by atoms with van der Waals surface area (Å²) >= 11 is 0. The highest BCUT2D eigenvalue weighted by atomic mass is 32.2. The van der Waals surface area contributed by atoms with Gasteiger partial charge in [0.25, 0.3) is 5.69 Å². The molecule has 2 N–H and O–H groups in total. The molecule has 2 aromatic rings. The van der Waals surface area contributed by atoms with Crippen LogP contribution in [0.5, 0.6) is 0 Å². The Hall–Kier alpha value is -2.33. The van der Waals surface area contributed by atoms with Gasteiger partial charge in [0, 0.05) is 24.1 Å². The van der Waals surface area contributed by atoms with Gasteiger partial charge in [-0.25, -0.2) is 23.1 Å². The summed E-state index contributed by atoms with van der Waals surface area (Å²) in [5.41, 5.74) is 0.456. The summed E-state index contributed by atoms with van der Waals surface area (Å²) in [7, 11) is -2.00. The molecule has 112 valence electrons. The van der Waals surface area contributed by atoms with E-state index in [1.54, 1.807) is 0 Å². The molecule has 1 aromatic heterocycles. The third-order valence-electron chi connectivity index (χ3n) is 2.80. The van der Waals surface area contributed by atoms with E-state index >= 15 is 0 Å². The van der Waals surface area contributed by atoms with Crippen LogP contribution in [0.2, 0.25) is 0 Å². The summed E-state index contributed by atoms with van der Waals surface area (Å²) in [6.07, 6.45) is 1.31. The molecule has 0 unspecified atom stereocenters. The number of nitrogens with one attached hydrogen (secondary N) is 2. The third-order valence-corrected chi connectivity index (χ3v) is 4.17. The van der Waals surface area contributed by atoms with Gasteiger partial charge >= 0.3 is 0 Å². The summed E-state index contributed by atoms with van der Waals surface area (Å²) in [6.45, 7) is 0.123. The van der Waals surface area contributed by atoms with Crippen LogP contribution in [0.15, 0.2) is 24.5 Å². The first kappa shape index (κ1) is 15.1. The highest BCUT2D eigenvalue weighted by molar-refractivity contribution is 7.89. The quantitative estimate of drug-likeness (QED) is 0.587. The fourth-order valence-corrected chi connectivity index (χ4v) is 2.28. The van der Waals surface area contributed by atoms with E-state index in [0.717, 1.165) is 0 Å². The van der Waals surface area contributed by atoms with Crippen LogP contribution in [-0.4, -0.2) is 42.7 Å². The number of sulfonamides is 1. The van der Waals surface area contributed by atoms with Gasteiger partial charge in [-0.1, -0.05) is 0 Å². The van der Waals surface area contributed by atoms with Crippen molar-refractivity contribution in [2.24, 2.45) is 0 Å². The minimum absolute atomic E-state index is 0.0804. The van der Waals surface area contributed by atoms with E-state index in [0.29, 0.717) is 16.7 Å². The molecular formula is C11H13N5O4S. The largest absolute Gasteiger partial charge is 0.368 e. The van der Waals surface area contributed by atoms with Crippen LogP contribution in [0, 0.1) is 10.1 Å². The van der Waals surface area contributed by atoms with Gasteiger partial charge in [0.05, 0.1) is 16.2 Å². The number of benzene rings is 1. The van der Waals surface area contributed by atoms with E-state index in [1.807, 2.05) is 0 Å². The maximum atomic E-state index is 11.3. The van der Waals surface area contributed by atoms with Crippen molar-refractivity contribution in [1.82, 2.24) is 14.7 Å². The van der Waals surface area contributed by atoms with Crippen molar-refractivity contribution in [1.29, 1.82) is 0 Å². The third kappa shape index (κ3) is 3.61. The van der Waals surface area contributed by atoms with Gasteiger partial charge < -0.3 is 5.32 Å². The first-order chi connectivity index (χ1) is 9.93. The molecule has 0 amide bonds. The number of fused-ring (bicyclic) bond motifs is 1. The number of non-ortho nitro benzene ring substituents is 1. The molecular weight excluding hydrogens is 298 g/mol. The first-order valence-electron chi connectivity index (χ1n) is 5.97. The topological polar surface area (TPSA) is 127 Å². The standard InChI is InChI=1S/C11H13N5O4S/c1-12-21(19,20)5-4-13-11-9-6-8(16(17)18)2-3-10(9)14-7-15-11/h2-3,6-7,12H,4-5H2,1H3,(H,13,14,15). The van der Waals surface area contributed by atoms with Crippen LogP contribution in [-0.2, 0) is 10.0 Å². The van der Waals surface area contributed by atoms with Crippen LogP contribution in [0.1, 0.15) is 0 Å². The Kier molecular flexibility index (Phi) is 4.29. The van der Waals surface area contributed by atoms with E-state index in [-0.39, 0.29) is 18.0 Å². The molecule has 0 bridgehead atoms. The Labute approximate surface area is 120 Å². The van der Waals surface area contributed by atoms with E-state index in [1.165, 1.54) is 31.6 Å². The van der Waals surface area contributed by atoms with E-state index < -0.39 is 14.9 Å². The second-order valence-electron chi connectivity index (χ2n) is 4.13. The number of hydrogen-bond donors (Lipinski definition) is 2. The molecule has 0 spiro atoms. The molecule has 0 fully saturated rings. The lowest BCUT2D eigenvalue weighted by Crippen LogP contribution is -2.26. The number of nitro groups is 1. The molecule has 0 atom stereocenters. The zero-order valence-electron chi connectivity index (χ0n) is 11.1. The van der Waals surface area contributed by atoms with E-state index in [9.17, 15) is 18.5 Å². The first-order valence-corrected chi connectivity index (χ1v) is 7.62. The summed E-state index contributed by atoms with van der Waals surface area (Å²) < 4.78 is 24.8. The molecule has 1 aromatic carbocycles. The van der Waals surface area contributed by atoms with Gasteiger partial charge in [-0.2, -0.15) is 0 Å². The van der Waals surface area contributed by atoms with Gasteiger partial charge in [-0.05, 0) is 13.1 Å². The Bertz CT molecular complexity index is 777. The van der Waals surface area contributed by atoms with Gasteiger partial charge in [0.1, 0.15) is 12.1 Å². The fraction of sp³-hybridized carbons (Fsp3) is 0.273. The average molecular weight is 311 g/mol. The second kappa shape index (κ2) is 5.97. The van der Waals surface area contributed by atoms with Crippen molar-refractivity contribution in [3.8, 4) is 0 Å². The Balaban J connectivity index is 2.27. The normalized spacial score (nSPS) is 11.5. The molecule has 21 heavy (non-hydrogen) atoms. The molecule has 0 radical (unpaired) electrons. The van der Waals surface area contributed by atoms with Gasteiger partial charge in [0.2, 0.25) is 10.0 Å². The Morgan fingerprint density at radius 2 is 2.10 bits per heavy atom. The number of nitrogens with zero attached hydrogens (tertiary/aromatic N) is 3. The van der Waals surface area contributed by atoms with Crippen molar-refractivity contribution < 1.29 is 13.3 Å². The Morgan fingerprint density at radius 1 is 1.33 bits per heavy atom. The number of rotatable bonds is 6. The number of nitro benzene ring substituents is 1. The summed E-state index contributed by atoms with van der Waals surface area (Å²) in [5, 5.41) is 14.1. The van der Waals surface area contributed by atoms with E-state index in [4.69, 9.17) is 0 Å². The maximum absolute atomic E-state index is 11.3. The molecule has 9 nitrogen and oxygen atoms in total. The Morgan fingerprint density at radius 3 is 2.76 bits per heavy atom. The van der Waals surface area contributed by atoms with Crippen LogP contribution in [0.4, 0.5) is 11.5 Å². The minimum Gasteiger partial charge on any atom is -0.368 e. The van der Waals surface area contributed by atoms with Crippen LogP contribution in [0.3, 0.4) is 0 Å². The van der Waals surface area contributed by atoms with Gasteiger partial charge in [0.15, 0.2) is 0 Å². The number of aromatic nitrogens is 2. The summed E-state index contributed by atoms with van der Waals surface area (Å²) in [4.78, 5) is 18.3. The second-order valence-corrected chi connectivity index (χ2v) is 6.18. The average Bonchev–Trinajstić information content (AvgIpc) is 2.46. The fourth-order valence-electron chi connectivity index (χ4n) is 1.70. The van der Waals surface area contributed by atoms with Crippen molar-refractivity contribution in [2.45, 2.75) is 0 Å². The number of hydrogen-bond acceptors (Lipinski definition) is 7. The van der Waals surface area contributed by atoms with Crippen LogP contribution < -0.4 is 10.0 Å². The summed E-state index contributed by atoms with van der Waals surface area (Å²) in [6, 6.07) is 4.22. The number of anilines is 1. The zero-order chi connectivity index (χ0) is 15.5. The molecule has 0 saturated heterocycles. The molecule has 1 heterocycles. The minimum atomic E-state index is -3.33. The SMILES string of the molecule is CNS(=O)(=O)CCNc1ncnc2ccc([N+](=O)[O-])cc12. The van der Waals surface area contributed by atoms with Gasteiger partial charge in [-0.3, -0.25) is 10.1 Å². The molecule has 0 aliphatic rings. The molecule has 0 aliphatic heterocycles. The lowest BCUT2D eigenvalue weighted by molar-refractivity contribution is -0.384.